The van der Waals surface area contributed by atoms with Crippen LogP contribution in [-0.4, -0.2) is 104 Å². The molecule has 3 aliphatic heterocycles. The van der Waals surface area contributed by atoms with Gasteiger partial charge in [0.05, 0.1) is 19.5 Å². The van der Waals surface area contributed by atoms with E-state index in [0.717, 1.165) is 10.9 Å². The minimum absolute atomic E-state index is 0.00522. The normalized spacial score (nSPS) is 37.7. The summed E-state index contributed by atoms with van der Waals surface area (Å²) in [5.74, 6) is 0.0166. The van der Waals surface area contributed by atoms with E-state index in [9.17, 15) is 19.7 Å². The Balaban J connectivity index is 1.21. The fraction of sp³-hybridized carbons (Fsp3) is 0.500. The van der Waals surface area contributed by atoms with Gasteiger partial charge in [0.25, 0.3) is 0 Å². The van der Waals surface area contributed by atoms with Crippen LogP contribution < -0.4 is 17.2 Å². The predicted octanol–water partition coefficient (Wildman–Crippen LogP) is -1.13. The van der Waals surface area contributed by atoms with E-state index >= 15 is 4.39 Å². The number of fused-ring (bicyclic) bond motifs is 5. The van der Waals surface area contributed by atoms with Gasteiger partial charge in [0.15, 0.2) is 41.6 Å². The first-order valence-electron chi connectivity index (χ1n) is 12.9. The molecule has 4 aromatic heterocycles. The zero-order chi connectivity index (χ0) is 31.8. The van der Waals surface area contributed by atoms with Crippen LogP contribution in [0.3, 0.4) is 0 Å². The summed E-state index contributed by atoms with van der Waals surface area (Å²) in [5, 5.41) is 11.3. The van der Waals surface area contributed by atoms with Gasteiger partial charge in [0.1, 0.15) is 54.2 Å². The van der Waals surface area contributed by atoms with Crippen LogP contribution in [0.2, 0.25) is 0 Å². The van der Waals surface area contributed by atoms with Crippen LogP contribution in [-0.2, 0) is 51.2 Å². The molecule has 0 spiro atoms. The van der Waals surface area contributed by atoms with E-state index < -0.39 is 81.5 Å². The Hall–Kier alpha value is -2.63. The van der Waals surface area contributed by atoms with Gasteiger partial charge in [-0.15, -0.1) is 0 Å². The first kappa shape index (κ1) is 31.0. The average molecular weight is 709 g/mol. The molecule has 0 amide bonds. The Kier molecular flexibility index (Phi) is 7.76. The lowest BCUT2D eigenvalue weighted by atomic mass is 10.1. The average Bonchev–Trinajstić information content (AvgIpc) is 3.71. The van der Waals surface area contributed by atoms with Crippen LogP contribution in [0.1, 0.15) is 12.5 Å². The SMILES string of the molecule is Nc1ncnc2c1ncn2[C@@H]1O[C@@H]2COP(O)(=S)O[C@H]3[C@@H](O)[C@H](n4c(=O)[nH]c5c(N)ncnc54)O[C@@H]3COP(O)(=S)O[C@@H]1[C@@H]2F. The van der Waals surface area contributed by atoms with E-state index in [4.69, 9.17) is 62.6 Å². The van der Waals surface area contributed by atoms with E-state index in [0.29, 0.717) is 0 Å². The maximum Gasteiger partial charge on any atom is 0.330 e. The summed E-state index contributed by atoms with van der Waals surface area (Å²) in [7, 11) is 0. The van der Waals surface area contributed by atoms with Gasteiger partial charge < -0.3 is 49.9 Å². The van der Waals surface area contributed by atoms with Gasteiger partial charge in [-0.25, -0.2) is 38.7 Å². The van der Waals surface area contributed by atoms with Crippen molar-refractivity contribution < 1.29 is 46.9 Å². The number of nitrogens with one attached hydrogen (secondary N) is 1. The highest BCUT2D eigenvalue weighted by molar-refractivity contribution is 8.07. The van der Waals surface area contributed by atoms with Gasteiger partial charge in [-0.3, -0.25) is 13.6 Å². The van der Waals surface area contributed by atoms with E-state index in [-0.39, 0.29) is 34.0 Å². The van der Waals surface area contributed by atoms with E-state index in [2.05, 4.69) is 29.9 Å². The number of aliphatic hydroxyl groups excluding tert-OH is 1. The summed E-state index contributed by atoms with van der Waals surface area (Å²) in [6.45, 7) is -9.87. The lowest BCUT2D eigenvalue weighted by Gasteiger charge is -2.28. The van der Waals surface area contributed by atoms with Crippen molar-refractivity contribution in [2.24, 2.45) is 0 Å². The van der Waals surface area contributed by atoms with Crippen molar-refractivity contribution in [3.05, 3.63) is 29.5 Å². The molecule has 45 heavy (non-hydrogen) atoms. The Morgan fingerprint density at radius 3 is 2.27 bits per heavy atom. The third kappa shape index (κ3) is 5.46. The molecule has 3 aliphatic rings. The molecule has 242 valence electrons. The molecule has 0 aromatic carbocycles. The number of aliphatic hydroxyl groups is 1. The van der Waals surface area contributed by atoms with Crippen LogP contribution in [0, 0.1) is 0 Å². The topological polar surface area (TPSA) is 275 Å². The van der Waals surface area contributed by atoms with Gasteiger partial charge >= 0.3 is 19.1 Å². The summed E-state index contributed by atoms with van der Waals surface area (Å²) < 4.78 is 52.1. The van der Waals surface area contributed by atoms with Gasteiger partial charge in [-0.05, 0) is 23.6 Å². The highest BCUT2D eigenvalue weighted by Crippen LogP contribution is 2.54. The van der Waals surface area contributed by atoms with Crippen LogP contribution >= 0.6 is 13.4 Å². The van der Waals surface area contributed by atoms with Crippen LogP contribution in [0.25, 0.3) is 22.3 Å². The van der Waals surface area contributed by atoms with Gasteiger partial charge in [-0.2, -0.15) is 0 Å². The molecule has 2 bridgehead atoms. The molecular formula is C20H23FN10O10P2S2. The second-order valence-electron chi connectivity index (χ2n) is 10.1. The number of rotatable bonds is 2. The Labute approximate surface area is 259 Å². The number of nitrogen functional groups attached to an aromatic ring is 2. The number of H-pyrrole nitrogens is 1. The van der Waals surface area contributed by atoms with Crippen molar-refractivity contribution in [3.63, 3.8) is 0 Å². The summed E-state index contributed by atoms with van der Waals surface area (Å²) in [5.41, 5.74) is 11.4. The van der Waals surface area contributed by atoms with Crippen LogP contribution in [0.4, 0.5) is 16.0 Å². The van der Waals surface area contributed by atoms with Crippen molar-refractivity contribution in [2.45, 2.75) is 49.1 Å². The zero-order valence-electron chi connectivity index (χ0n) is 22.3. The number of anilines is 2. The highest BCUT2D eigenvalue weighted by atomic mass is 32.5. The number of aromatic nitrogens is 8. The van der Waals surface area contributed by atoms with Crippen molar-refractivity contribution in [1.82, 2.24) is 39.0 Å². The zero-order valence-corrected chi connectivity index (χ0v) is 25.8. The highest BCUT2D eigenvalue weighted by Gasteiger charge is 2.53. The predicted molar refractivity (Wildman–Crippen MR) is 156 cm³/mol. The molecule has 20 nitrogen and oxygen atoms in total. The summed E-state index contributed by atoms with van der Waals surface area (Å²) in [6, 6.07) is 0. The molecule has 7 rings (SSSR count). The Morgan fingerprint density at radius 1 is 0.911 bits per heavy atom. The second-order valence-corrected chi connectivity index (χ2v) is 15.7. The van der Waals surface area contributed by atoms with Crippen molar-refractivity contribution >= 4 is 71.0 Å². The number of nitrogens with two attached hydrogens (primary N) is 2. The fourth-order valence-corrected chi connectivity index (χ4v) is 8.16. The molecule has 0 aliphatic carbocycles. The molecule has 0 radical (unpaired) electrons. The largest absolute Gasteiger partial charge is 0.386 e. The third-order valence-electron chi connectivity index (χ3n) is 7.34. The third-order valence-corrected chi connectivity index (χ3v) is 10.5. The number of nitrogens with zero attached hydrogens (tertiary/aromatic N) is 7. The Bertz CT molecular complexity index is 1950. The smallest absolute Gasteiger partial charge is 0.330 e. The monoisotopic (exact) mass is 708 g/mol. The van der Waals surface area contributed by atoms with E-state index in [1.54, 1.807) is 0 Å². The summed E-state index contributed by atoms with van der Waals surface area (Å²) >= 11 is 10.4. The summed E-state index contributed by atoms with van der Waals surface area (Å²) in [6.07, 6.45) is -8.84. The van der Waals surface area contributed by atoms with Crippen molar-refractivity contribution in [3.8, 4) is 0 Å². The first-order chi connectivity index (χ1) is 21.3. The molecule has 4 aromatic rings. The minimum atomic E-state index is -4.31. The second kappa shape index (κ2) is 11.3. The standard InChI is InChI=1S/C20H23FN10O10P2S2/c21-8-6-1-36-42(34,44)40-12-7(39-18(11(12)32)31-17-10(29-20(31)33)15(23)25-4-27-17)2-37-43(35,45)41-13(8)19(38-6)30-5-28-9-14(22)24-3-26-16(9)30/h3-8,11-13,18-19,32H,1-2H2,(H,29,33)(H,34,44)(H,35,45)(H2,22,24,26)(H2,23,25,27)/t6-,7-,8-,11-,12-,13-,18-,19-,42?,43?/m1/s1. The number of hydrogen-bond donors (Lipinski definition) is 6. The quantitative estimate of drug-likeness (QED) is 0.134. The minimum Gasteiger partial charge on any atom is -0.386 e. The molecule has 2 unspecified atom stereocenters. The molecule has 25 heteroatoms. The molecule has 10 atom stereocenters. The van der Waals surface area contributed by atoms with Gasteiger partial charge in [0.2, 0.25) is 0 Å². The maximum absolute atomic E-state index is 15.9. The number of alkyl halides is 1. The van der Waals surface area contributed by atoms with Crippen molar-refractivity contribution in [2.75, 3.05) is 24.7 Å². The van der Waals surface area contributed by atoms with E-state index in [1.807, 2.05) is 0 Å². The van der Waals surface area contributed by atoms with Crippen LogP contribution in [0.15, 0.2) is 23.8 Å². The molecule has 3 saturated heterocycles. The van der Waals surface area contributed by atoms with Crippen molar-refractivity contribution in [1.29, 1.82) is 0 Å². The Morgan fingerprint density at radius 2 is 1.53 bits per heavy atom. The molecule has 8 N–H and O–H groups in total. The van der Waals surface area contributed by atoms with Crippen LogP contribution in [0.5, 0.6) is 0 Å². The number of halogens is 1. The molecule has 3 fully saturated rings. The lowest BCUT2D eigenvalue weighted by molar-refractivity contribution is -0.0610. The number of imidazole rings is 2. The molecule has 7 heterocycles. The maximum atomic E-state index is 15.9. The van der Waals surface area contributed by atoms with Gasteiger partial charge in [0, 0.05) is 0 Å². The molecule has 0 saturated carbocycles. The fourth-order valence-electron chi connectivity index (χ4n) is 5.31. The number of ether oxygens (including phenoxy) is 2. The first-order valence-corrected chi connectivity index (χ1v) is 18.1. The van der Waals surface area contributed by atoms with E-state index in [1.165, 1.54) is 17.2 Å². The number of hydrogen-bond acceptors (Lipinski definition) is 17. The van der Waals surface area contributed by atoms with Gasteiger partial charge in [-0.1, -0.05) is 0 Å². The summed E-state index contributed by atoms with van der Waals surface area (Å²) in [4.78, 5) is 57.4. The number of aromatic amines is 1. The molecular weight excluding hydrogens is 685 g/mol. The lowest BCUT2D eigenvalue weighted by Crippen LogP contribution is -2.37.